The van der Waals surface area contributed by atoms with Gasteiger partial charge in [0.05, 0.1) is 12.6 Å². The van der Waals surface area contributed by atoms with E-state index >= 15 is 0 Å². The van der Waals surface area contributed by atoms with Crippen molar-refractivity contribution in [3.63, 3.8) is 0 Å². The van der Waals surface area contributed by atoms with Gasteiger partial charge in [-0.3, -0.25) is 4.57 Å². The third-order valence-electron chi connectivity index (χ3n) is 1.65. The van der Waals surface area contributed by atoms with E-state index in [1.807, 2.05) is 23.1 Å². The van der Waals surface area contributed by atoms with Crippen molar-refractivity contribution in [2.45, 2.75) is 0 Å². The molecule has 0 aliphatic heterocycles. The highest BCUT2D eigenvalue weighted by Gasteiger charge is 2.06. The van der Waals surface area contributed by atoms with Crippen LogP contribution in [0.15, 0.2) is 11.4 Å². The molecule has 2 rings (SSSR count). The summed E-state index contributed by atoms with van der Waals surface area (Å²) in [6.45, 7) is 0. The van der Waals surface area contributed by atoms with E-state index in [-0.39, 0.29) is 0 Å². The summed E-state index contributed by atoms with van der Waals surface area (Å²) in [4.78, 5) is 5.28. The molecule has 0 saturated heterocycles. The summed E-state index contributed by atoms with van der Waals surface area (Å²) in [7, 11) is 3.58. The Bertz CT molecular complexity index is 377. The number of thiophene rings is 1. The molecule has 2 aromatic heterocycles. The van der Waals surface area contributed by atoms with Crippen LogP contribution in [0.1, 0.15) is 0 Å². The highest BCUT2D eigenvalue weighted by atomic mass is 32.1. The van der Waals surface area contributed by atoms with Gasteiger partial charge in [-0.15, -0.1) is 11.3 Å². The highest BCUT2D eigenvalue weighted by Crippen LogP contribution is 2.23. The van der Waals surface area contributed by atoms with Gasteiger partial charge < -0.3 is 4.74 Å². The van der Waals surface area contributed by atoms with E-state index in [1.54, 1.807) is 18.4 Å². The molecular weight excluding hydrogens is 160 g/mol. The lowest BCUT2D eigenvalue weighted by Gasteiger charge is -1.96. The molecule has 0 aliphatic carbocycles. The van der Waals surface area contributed by atoms with Crippen LogP contribution < -0.4 is 4.74 Å². The number of aryl methyl sites for hydroxylation is 1. The quantitative estimate of drug-likeness (QED) is 0.647. The molecule has 0 bridgehead atoms. The molecule has 0 spiro atoms. The maximum Gasteiger partial charge on any atom is 0.297 e. The van der Waals surface area contributed by atoms with Gasteiger partial charge in [0.25, 0.3) is 6.01 Å². The minimum Gasteiger partial charge on any atom is -0.468 e. The zero-order valence-electron chi connectivity index (χ0n) is 6.37. The summed E-state index contributed by atoms with van der Waals surface area (Å²) < 4.78 is 6.98. The maximum absolute atomic E-state index is 5.05. The van der Waals surface area contributed by atoms with Gasteiger partial charge >= 0.3 is 0 Å². The fraction of sp³-hybridized carbons (Fsp3) is 0.286. The van der Waals surface area contributed by atoms with E-state index in [4.69, 9.17) is 4.74 Å². The van der Waals surface area contributed by atoms with E-state index in [2.05, 4.69) is 4.98 Å². The van der Waals surface area contributed by atoms with Crippen LogP contribution in [0.25, 0.3) is 10.3 Å². The predicted molar refractivity (Wildman–Crippen MR) is 45.1 cm³/mol. The van der Waals surface area contributed by atoms with Gasteiger partial charge in [0.2, 0.25) is 0 Å². The maximum atomic E-state index is 5.05. The normalized spacial score (nSPS) is 10.7. The van der Waals surface area contributed by atoms with E-state index < -0.39 is 0 Å². The molecular formula is C7H8N2OS. The standard InChI is InChI=1S/C7H8N2OS/c1-9-5-3-4-11-6(5)8-7(9)10-2/h3-4H,1-2H3. The molecule has 0 N–H and O–H groups in total. The summed E-state index contributed by atoms with van der Waals surface area (Å²) in [5.74, 6) is 0. The average Bonchev–Trinajstić information content (AvgIpc) is 2.53. The van der Waals surface area contributed by atoms with Crippen molar-refractivity contribution < 1.29 is 4.74 Å². The van der Waals surface area contributed by atoms with E-state index in [0.717, 1.165) is 10.3 Å². The summed E-state index contributed by atoms with van der Waals surface area (Å²) in [5.41, 5.74) is 1.13. The predicted octanol–water partition coefficient (Wildman–Crippen LogP) is 1.64. The molecule has 4 heteroatoms. The number of imidazole rings is 1. The first-order chi connectivity index (χ1) is 5.33. The number of nitrogens with zero attached hydrogens (tertiary/aromatic N) is 2. The van der Waals surface area contributed by atoms with Gasteiger partial charge in [-0.2, -0.15) is 4.98 Å². The third kappa shape index (κ3) is 0.826. The van der Waals surface area contributed by atoms with Crippen LogP contribution in [0.3, 0.4) is 0 Å². The fourth-order valence-electron chi connectivity index (χ4n) is 1.08. The average molecular weight is 168 g/mol. The summed E-state index contributed by atoms with van der Waals surface area (Å²) >= 11 is 1.63. The van der Waals surface area contributed by atoms with Crippen LogP contribution >= 0.6 is 11.3 Å². The topological polar surface area (TPSA) is 27.1 Å². The van der Waals surface area contributed by atoms with Crippen molar-refractivity contribution in [3.8, 4) is 6.01 Å². The zero-order valence-corrected chi connectivity index (χ0v) is 7.18. The second-order valence-electron chi connectivity index (χ2n) is 2.27. The second kappa shape index (κ2) is 2.23. The van der Waals surface area contributed by atoms with Crippen molar-refractivity contribution in [1.29, 1.82) is 0 Å². The first-order valence-electron chi connectivity index (χ1n) is 3.27. The number of ether oxygens (including phenoxy) is 1. The second-order valence-corrected chi connectivity index (χ2v) is 3.16. The lowest BCUT2D eigenvalue weighted by atomic mass is 10.6. The minimum atomic E-state index is 0.673. The lowest BCUT2D eigenvalue weighted by Crippen LogP contribution is -1.93. The monoisotopic (exact) mass is 168 g/mol. The number of hydrogen-bond acceptors (Lipinski definition) is 3. The van der Waals surface area contributed by atoms with Crippen molar-refractivity contribution >= 4 is 21.7 Å². The first kappa shape index (κ1) is 6.67. The van der Waals surface area contributed by atoms with Gasteiger partial charge in [-0.05, 0) is 11.4 Å². The van der Waals surface area contributed by atoms with E-state index in [9.17, 15) is 0 Å². The van der Waals surface area contributed by atoms with Crippen molar-refractivity contribution in [2.75, 3.05) is 7.11 Å². The molecule has 2 heterocycles. The molecule has 11 heavy (non-hydrogen) atoms. The van der Waals surface area contributed by atoms with Gasteiger partial charge in [-0.25, -0.2) is 0 Å². The van der Waals surface area contributed by atoms with Gasteiger partial charge in [0.15, 0.2) is 0 Å². The van der Waals surface area contributed by atoms with Crippen LogP contribution in [-0.4, -0.2) is 16.7 Å². The molecule has 0 aromatic carbocycles. The number of rotatable bonds is 1. The summed E-state index contributed by atoms with van der Waals surface area (Å²) in [6.07, 6.45) is 0. The molecule has 0 saturated carbocycles. The van der Waals surface area contributed by atoms with Gasteiger partial charge in [0, 0.05) is 7.05 Å². The minimum absolute atomic E-state index is 0.673. The Kier molecular flexibility index (Phi) is 1.35. The Morgan fingerprint density at radius 1 is 1.64 bits per heavy atom. The summed E-state index contributed by atoms with van der Waals surface area (Å²) in [5, 5.41) is 2.02. The smallest absolute Gasteiger partial charge is 0.297 e. The van der Waals surface area contributed by atoms with Gasteiger partial charge in [0.1, 0.15) is 4.83 Å². The van der Waals surface area contributed by atoms with E-state index in [0.29, 0.717) is 6.01 Å². The number of fused-ring (bicyclic) bond motifs is 1. The number of hydrogen-bond donors (Lipinski definition) is 0. The van der Waals surface area contributed by atoms with Crippen molar-refractivity contribution in [1.82, 2.24) is 9.55 Å². The Morgan fingerprint density at radius 2 is 2.45 bits per heavy atom. The van der Waals surface area contributed by atoms with Crippen LogP contribution in [0.4, 0.5) is 0 Å². The SMILES string of the molecule is COc1nc2sccc2n1C. The molecule has 0 aliphatic rings. The van der Waals surface area contributed by atoms with Gasteiger partial charge in [-0.1, -0.05) is 0 Å². The highest BCUT2D eigenvalue weighted by molar-refractivity contribution is 7.16. The number of aromatic nitrogens is 2. The van der Waals surface area contributed by atoms with E-state index in [1.165, 1.54) is 0 Å². The Hall–Kier alpha value is -1.03. The largest absolute Gasteiger partial charge is 0.468 e. The molecule has 0 amide bonds. The Morgan fingerprint density at radius 3 is 3.09 bits per heavy atom. The molecule has 58 valence electrons. The lowest BCUT2D eigenvalue weighted by molar-refractivity contribution is 0.368. The fourth-order valence-corrected chi connectivity index (χ4v) is 1.86. The molecule has 0 fully saturated rings. The Labute approximate surface area is 68.2 Å². The molecule has 0 atom stereocenters. The third-order valence-corrected chi connectivity index (χ3v) is 2.45. The Balaban J connectivity index is 2.76. The number of methoxy groups -OCH3 is 1. The van der Waals surface area contributed by atoms with Crippen LogP contribution in [0.5, 0.6) is 6.01 Å². The zero-order chi connectivity index (χ0) is 7.84. The molecule has 0 unspecified atom stereocenters. The van der Waals surface area contributed by atoms with Crippen LogP contribution in [0, 0.1) is 0 Å². The molecule has 0 radical (unpaired) electrons. The van der Waals surface area contributed by atoms with Crippen molar-refractivity contribution in [2.24, 2.45) is 7.05 Å². The van der Waals surface area contributed by atoms with Crippen molar-refractivity contribution in [3.05, 3.63) is 11.4 Å². The first-order valence-corrected chi connectivity index (χ1v) is 4.15. The molecule has 3 nitrogen and oxygen atoms in total. The van der Waals surface area contributed by atoms with Crippen LogP contribution in [-0.2, 0) is 7.05 Å². The molecule has 2 aromatic rings. The summed E-state index contributed by atoms with van der Waals surface area (Å²) in [6, 6.07) is 2.71. The van der Waals surface area contributed by atoms with Crippen LogP contribution in [0.2, 0.25) is 0 Å².